The maximum atomic E-state index is 11.5. The number of allylic oxidation sites excluding steroid dienone is 2. The smallest absolute Gasteiger partial charge is 0.306 e. The van der Waals surface area contributed by atoms with E-state index in [-0.39, 0.29) is 31.2 Å². The van der Waals surface area contributed by atoms with Crippen molar-refractivity contribution in [1.82, 2.24) is 0 Å². The third-order valence-electron chi connectivity index (χ3n) is 4.62. The predicted molar refractivity (Wildman–Crippen MR) is 119 cm³/mol. The molecule has 1 fully saturated rings. The van der Waals surface area contributed by atoms with E-state index in [0.717, 1.165) is 6.42 Å². The van der Waals surface area contributed by atoms with Gasteiger partial charge in [-0.15, -0.1) is 0 Å². The van der Waals surface area contributed by atoms with Crippen molar-refractivity contribution in [1.29, 1.82) is 0 Å². The van der Waals surface area contributed by atoms with Crippen LogP contribution in [0.1, 0.15) is 39.5 Å². The maximum absolute atomic E-state index is 11.5. The molecular weight excluding hydrogens is 420 g/mol. The van der Waals surface area contributed by atoms with Crippen molar-refractivity contribution < 1.29 is 29.2 Å². The van der Waals surface area contributed by atoms with Gasteiger partial charge in [0.15, 0.2) is 0 Å². The molecule has 2 rings (SSSR count). The molecule has 1 unspecified atom stereocenters. The lowest BCUT2D eigenvalue weighted by Crippen LogP contribution is -2.23. The molecule has 0 radical (unpaired) electrons. The molecule has 1 heterocycles. The zero-order valence-corrected chi connectivity index (χ0v) is 18.8. The molecule has 0 saturated carbocycles. The van der Waals surface area contributed by atoms with E-state index in [9.17, 15) is 15.0 Å². The van der Waals surface area contributed by atoms with Crippen LogP contribution in [0.4, 0.5) is 0 Å². The molecule has 2 N–H and O–H groups in total. The van der Waals surface area contributed by atoms with Crippen LogP contribution in [0.15, 0.2) is 36.4 Å². The number of rotatable bonds is 10. The van der Waals surface area contributed by atoms with E-state index in [4.69, 9.17) is 25.8 Å². The van der Waals surface area contributed by atoms with Gasteiger partial charge in [0.2, 0.25) is 0 Å². The summed E-state index contributed by atoms with van der Waals surface area (Å²) in [6.45, 7) is 3.88. The van der Waals surface area contributed by atoms with Gasteiger partial charge in [0, 0.05) is 17.4 Å². The number of hydrogen-bond acceptors (Lipinski definition) is 6. The molecule has 0 amide bonds. The van der Waals surface area contributed by atoms with Crippen LogP contribution in [-0.2, 0) is 14.3 Å². The Morgan fingerprint density at radius 1 is 1.39 bits per heavy atom. The number of halogens is 1. The third-order valence-corrected chi connectivity index (χ3v) is 4.85. The third kappa shape index (κ3) is 9.75. The Balaban J connectivity index is 1.74. The van der Waals surface area contributed by atoms with Gasteiger partial charge in [-0.1, -0.05) is 41.7 Å². The minimum atomic E-state index is -0.984. The van der Waals surface area contributed by atoms with Gasteiger partial charge >= 0.3 is 5.97 Å². The Hall–Kier alpha value is -2.04. The summed E-state index contributed by atoms with van der Waals surface area (Å²) in [5.41, 5.74) is 0. The number of unbranched alkanes of at least 4 members (excludes halogenated alkanes) is 1. The Bertz CT molecular complexity index is 782. The summed E-state index contributed by atoms with van der Waals surface area (Å²) in [6, 6.07) is 6.91. The van der Waals surface area contributed by atoms with Crippen molar-refractivity contribution in [2.24, 2.45) is 5.92 Å². The standard InChI is InChI=1S/C24H31ClO6/c1-17(2)31-24(28)11-6-4-3-5-10-21-22(27)16-30-23(21)13-12-19(26)15-29-20-9-7-8-18(25)14-20/h3,5,7-9,14,17,19,21-23,26-27H,4,6,10-11,15-16H2,1-2H3/t19-,21-,22-,23?/m0/s1. The molecule has 1 saturated heterocycles. The van der Waals surface area contributed by atoms with Crippen molar-refractivity contribution >= 4 is 17.6 Å². The Kier molecular flexibility index (Phi) is 10.9. The van der Waals surface area contributed by atoms with Crippen LogP contribution in [0.2, 0.25) is 5.02 Å². The molecule has 1 aromatic carbocycles. The predicted octanol–water partition coefficient (Wildman–Crippen LogP) is 3.53. The van der Waals surface area contributed by atoms with Gasteiger partial charge < -0.3 is 24.4 Å². The van der Waals surface area contributed by atoms with E-state index in [1.807, 2.05) is 26.0 Å². The lowest BCUT2D eigenvalue weighted by Gasteiger charge is -2.14. The van der Waals surface area contributed by atoms with E-state index in [1.54, 1.807) is 24.3 Å². The van der Waals surface area contributed by atoms with Crippen LogP contribution < -0.4 is 4.74 Å². The lowest BCUT2D eigenvalue weighted by molar-refractivity contribution is -0.147. The minimum absolute atomic E-state index is 0.00638. The normalized spacial score (nSPS) is 21.7. The van der Waals surface area contributed by atoms with Crippen LogP contribution in [0.3, 0.4) is 0 Å². The first kappa shape index (κ1) is 25.2. The van der Waals surface area contributed by atoms with Gasteiger partial charge in [-0.25, -0.2) is 0 Å². The largest absolute Gasteiger partial charge is 0.490 e. The summed E-state index contributed by atoms with van der Waals surface area (Å²) in [5, 5.41) is 20.8. The van der Waals surface area contributed by atoms with Gasteiger partial charge in [-0.3, -0.25) is 4.79 Å². The molecule has 1 aliphatic heterocycles. The summed E-state index contributed by atoms with van der Waals surface area (Å²) in [7, 11) is 0. The fourth-order valence-electron chi connectivity index (χ4n) is 3.09. The monoisotopic (exact) mass is 450 g/mol. The topological polar surface area (TPSA) is 85.2 Å². The number of hydrogen-bond donors (Lipinski definition) is 2. The summed E-state index contributed by atoms with van der Waals surface area (Å²) in [6.07, 6.45) is 4.30. The quantitative estimate of drug-likeness (QED) is 0.245. The van der Waals surface area contributed by atoms with Crippen molar-refractivity contribution in [3.8, 4) is 17.6 Å². The van der Waals surface area contributed by atoms with Crippen LogP contribution in [0.5, 0.6) is 5.75 Å². The maximum Gasteiger partial charge on any atom is 0.306 e. The van der Waals surface area contributed by atoms with Crippen LogP contribution >= 0.6 is 11.6 Å². The van der Waals surface area contributed by atoms with Crippen LogP contribution in [0, 0.1) is 17.8 Å². The number of carbonyl (C=O) groups is 1. The molecule has 0 bridgehead atoms. The molecule has 31 heavy (non-hydrogen) atoms. The van der Waals surface area contributed by atoms with Crippen molar-refractivity contribution in [3.63, 3.8) is 0 Å². The van der Waals surface area contributed by atoms with Crippen LogP contribution in [0.25, 0.3) is 0 Å². The molecule has 0 aliphatic carbocycles. The number of ether oxygens (including phenoxy) is 3. The molecular formula is C24H31ClO6. The van der Waals surface area contributed by atoms with E-state index in [0.29, 0.717) is 30.0 Å². The first-order chi connectivity index (χ1) is 14.8. The van der Waals surface area contributed by atoms with Crippen LogP contribution in [-0.4, -0.2) is 53.8 Å². The van der Waals surface area contributed by atoms with E-state index in [1.165, 1.54) is 0 Å². The Labute approximate surface area is 189 Å². The second kappa shape index (κ2) is 13.4. The number of aliphatic hydroxyl groups excluding tert-OH is 2. The molecule has 6 nitrogen and oxygen atoms in total. The molecule has 0 aromatic heterocycles. The second-order valence-electron chi connectivity index (χ2n) is 7.70. The fourth-order valence-corrected chi connectivity index (χ4v) is 3.27. The molecule has 1 aromatic rings. The van der Waals surface area contributed by atoms with E-state index >= 15 is 0 Å². The lowest BCUT2D eigenvalue weighted by atomic mass is 9.95. The van der Waals surface area contributed by atoms with E-state index < -0.39 is 18.3 Å². The second-order valence-corrected chi connectivity index (χ2v) is 8.13. The highest BCUT2D eigenvalue weighted by molar-refractivity contribution is 6.30. The van der Waals surface area contributed by atoms with Gasteiger partial charge in [0.1, 0.15) is 24.6 Å². The average molecular weight is 451 g/mol. The molecule has 4 atom stereocenters. The summed E-state index contributed by atoms with van der Waals surface area (Å²) < 4.78 is 16.1. The van der Waals surface area contributed by atoms with Gasteiger partial charge in [-0.05, 0) is 51.3 Å². The molecule has 7 heteroatoms. The SMILES string of the molecule is CC(C)OC(=O)CCCC=CC[C@@H]1C(C#C[C@H](O)COc2cccc(Cl)c2)OC[C@@H]1O. The summed E-state index contributed by atoms with van der Waals surface area (Å²) in [4.78, 5) is 11.5. The first-order valence-corrected chi connectivity index (χ1v) is 10.9. The highest BCUT2D eigenvalue weighted by atomic mass is 35.5. The molecule has 1 aliphatic rings. The van der Waals surface area contributed by atoms with Gasteiger partial charge in [-0.2, -0.15) is 0 Å². The average Bonchev–Trinajstić information content (AvgIpc) is 3.06. The molecule has 0 spiro atoms. The highest BCUT2D eigenvalue weighted by Gasteiger charge is 2.34. The van der Waals surface area contributed by atoms with E-state index in [2.05, 4.69) is 11.8 Å². The number of aliphatic hydroxyl groups is 2. The zero-order valence-electron chi connectivity index (χ0n) is 18.0. The first-order valence-electron chi connectivity index (χ1n) is 10.6. The summed E-state index contributed by atoms with van der Waals surface area (Å²) in [5.74, 6) is 5.85. The van der Waals surface area contributed by atoms with Crippen molar-refractivity contribution in [2.75, 3.05) is 13.2 Å². The number of esters is 1. The van der Waals surface area contributed by atoms with Gasteiger partial charge in [0.05, 0.1) is 18.8 Å². The van der Waals surface area contributed by atoms with Gasteiger partial charge in [0.25, 0.3) is 0 Å². The zero-order chi connectivity index (χ0) is 22.6. The Morgan fingerprint density at radius 3 is 2.94 bits per heavy atom. The summed E-state index contributed by atoms with van der Waals surface area (Å²) >= 11 is 5.90. The van der Waals surface area contributed by atoms with Crippen molar-refractivity contribution in [3.05, 3.63) is 41.4 Å². The number of benzene rings is 1. The number of carbonyl (C=O) groups excluding carboxylic acids is 1. The fraction of sp³-hybridized carbons (Fsp3) is 0.542. The van der Waals surface area contributed by atoms with Crippen molar-refractivity contribution in [2.45, 2.75) is 63.9 Å². The molecule has 170 valence electrons. The Morgan fingerprint density at radius 2 is 2.19 bits per heavy atom. The highest BCUT2D eigenvalue weighted by Crippen LogP contribution is 2.25. The minimum Gasteiger partial charge on any atom is -0.490 e.